The van der Waals surface area contributed by atoms with Gasteiger partial charge in [-0.2, -0.15) is 10.2 Å². The molecule has 0 unspecified atom stereocenters. The molecule has 0 N–H and O–H groups in total. The van der Waals surface area contributed by atoms with Crippen molar-refractivity contribution in [2.24, 2.45) is 7.05 Å². The van der Waals surface area contributed by atoms with E-state index in [4.69, 9.17) is 10.1 Å². The third-order valence-electron chi connectivity index (χ3n) is 5.93. The molecule has 1 aromatic carbocycles. The molecule has 0 atom stereocenters. The molecule has 6 heteroatoms. The second-order valence-corrected chi connectivity index (χ2v) is 8.26. The third-order valence-corrected chi connectivity index (χ3v) is 5.93. The van der Waals surface area contributed by atoms with Gasteiger partial charge in [-0.1, -0.05) is 30.3 Å². The Labute approximate surface area is 177 Å². The molecule has 0 bridgehead atoms. The topological polar surface area (TPSA) is 51.2 Å². The van der Waals surface area contributed by atoms with Crippen LogP contribution < -0.4 is 0 Å². The van der Waals surface area contributed by atoms with E-state index in [1.165, 1.54) is 50.0 Å². The summed E-state index contributed by atoms with van der Waals surface area (Å²) in [5, 5.41) is 9.05. The van der Waals surface area contributed by atoms with Crippen LogP contribution in [0.2, 0.25) is 0 Å². The summed E-state index contributed by atoms with van der Waals surface area (Å²) in [7, 11) is 1.92. The average molecular weight is 401 g/mol. The molecule has 0 aliphatic carbocycles. The number of rotatable bonds is 7. The predicted octanol–water partition coefficient (Wildman–Crippen LogP) is 3.75. The summed E-state index contributed by atoms with van der Waals surface area (Å²) in [6.07, 6.45) is 9.73. The third kappa shape index (κ3) is 4.14. The van der Waals surface area contributed by atoms with Gasteiger partial charge in [-0.05, 0) is 68.6 Å². The monoisotopic (exact) mass is 400 g/mol. The molecule has 0 amide bonds. The van der Waals surface area contributed by atoms with Crippen molar-refractivity contribution < 1.29 is 0 Å². The van der Waals surface area contributed by atoms with E-state index in [2.05, 4.69) is 40.3 Å². The van der Waals surface area contributed by atoms with Gasteiger partial charge in [0.1, 0.15) is 0 Å². The molecule has 3 aromatic heterocycles. The highest BCUT2D eigenvalue weighted by atomic mass is 15.3. The second-order valence-electron chi connectivity index (χ2n) is 8.26. The number of hydrogen-bond donors (Lipinski definition) is 0. The van der Waals surface area contributed by atoms with Crippen LogP contribution in [0.3, 0.4) is 0 Å². The van der Waals surface area contributed by atoms with Crippen LogP contribution in [0.4, 0.5) is 0 Å². The van der Waals surface area contributed by atoms with Crippen LogP contribution >= 0.6 is 0 Å². The number of pyridine rings is 1. The highest BCUT2D eigenvalue weighted by Crippen LogP contribution is 2.20. The Morgan fingerprint density at radius 1 is 0.967 bits per heavy atom. The molecular weight excluding hydrogens is 372 g/mol. The fraction of sp³-hybridized carbons (Fsp3) is 0.375. The van der Waals surface area contributed by atoms with Crippen LogP contribution in [0, 0.1) is 0 Å². The van der Waals surface area contributed by atoms with Crippen molar-refractivity contribution in [2.45, 2.75) is 32.1 Å². The first-order chi connectivity index (χ1) is 14.7. The first-order valence-corrected chi connectivity index (χ1v) is 10.9. The summed E-state index contributed by atoms with van der Waals surface area (Å²) in [6.45, 7) is 3.80. The summed E-state index contributed by atoms with van der Waals surface area (Å²) in [4.78, 5) is 7.32. The van der Waals surface area contributed by atoms with Gasteiger partial charge in [-0.25, -0.2) is 9.50 Å². The Morgan fingerprint density at radius 3 is 2.53 bits per heavy atom. The summed E-state index contributed by atoms with van der Waals surface area (Å²) >= 11 is 0. The molecule has 1 saturated heterocycles. The van der Waals surface area contributed by atoms with Gasteiger partial charge >= 0.3 is 0 Å². The van der Waals surface area contributed by atoms with Crippen molar-refractivity contribution in [1.29, 1.82) is 0 Å². The van der Waals surface area contributed by atoms with E-state index >= 15 is 0 Å². The fourth-order valence-corrected chi connectivity index (χ4v) is 4.32. The van der Waals surface area contributed by atoms with Gasteiger partial charge in [0.2, 0.25) is 0 Å². The first-order valence-electron chi connectivity index (χ1n) is 10.9. The predicted molar refractivity (Wildman–Crippen MR) is 118 cm³/mol. The number of nitrogens with zero attached hydrogens (tertiary/aromatic N) is 6. The van der Waals surface area contributed by atoms with Crippen LogP contribution in [-0.2, 0) is 19.9 Å². The van der Waals surface area contributed by atoms with Crippen molar-refractivity contribution in [3.63, 3.8) is 0 Å². The molecule has 0 radical (unpaired) electrons. The van der Waals surface area contributed by atoms with E-state index in [1.54, 1.807) is 4.68 Å². The summed E-state index contributed by atoms with van der Waals surface area (Å²) in [6, 6.07) is 15.0. The normalized spacial score (nSPS) is 14.7. The quantitative estimate of drug-likeness (QED) is 0.474. The Kier molecular flexibility index (Phi) is 5.32. The van der Waals surface area contributed by atoms with E-state index in [0.29, 0.717) is 0 Å². The minimum Gasteiger partial charge on any atom is -0.303 e. The highest BCUT2D eigenvalue weighted by molar-refractivity contribution is 5.61. The van der Waals surface area contributed by atoms with Crippen molar-refractivity contribution >= 4 is 5.65 Å². The first kappa shape index (κ1) is 19.0. The molecule has 1 aliphatic rings. The lowest BCUT2D eigenvalue weighted by Crippen LogP contribution is -2.20. The molecule has 4 heterocycles. The van der Waals surface area contributed by atoms with Crippen LogP contribution in [0.1, 0.15) is 36.2 Å². The maximum Gasteiger partial charge on any atom is 0.156 e. The molecule has 5 rings (SSSR count). The standard InChI is InChI=1S/C24H28N6/c1-28-18-21(17-25-28)22-7-4-8-24-26-23(27-30(22)24)16-20-11-9-19(10-12-20)6-5-15-29-13-2-3-14-29/h4,7-12,17-18H,2-3,5-6,13-16H2,1H3. The molecule has 1 aliphatic heterocycles. The Morgan fingerprint density at radius 2 is 1.77 bits per heavy atom. The van der Waals surface area contributed by atoms with Gasteiger partial charge in [-0.3, -0.25) is 4.68 Å². The van der Waals surface area contributed by atoms with Gasteiger partial charge in [0.05, 0.1) is 11.9 Å². The summed E-state index contributed by atoms with van der Waals surface area (Å²) in [5.41, 5.74) is 5.58. The molecule has 154 valence electrons. The molecule has 30 heavy (non-hydrogen) atoms. The minimum absolute atomic E-state index is 0.738. The highest BCUT2D eigenvalue weighted by Gasteiger charge is 2.12. The Balaban J connectivity index is 1.26. The van der Waals surface area contributed by atoms with Crippen LogP contribution in [-0.4, -0.2) is 48.9 Å². The molecule has 1 fully saturated rings. The number of fused-ring (bicyclic) bond motifs is 1. The molecule has 4 aromatic rings. The second kappa shape index (κ2) is 8.40. The van der Waals surface area contributed by atoms with Crippen LogP contribution in [0.5, 0.6) is 0 Å². The van der Waals surface area contributed by atoms with Crippen molar-refractivity contribution in [1.82, 2.24) is 29.3 Å². The lowest BCUT2D eigenvalue weighted by Gasteiger charge is -2.13. The van der Waals surface area contributed by atoms with Gasteiger partial charge < -0.3 is 4.90 Å². The lowest BCUT2D eigenvalue weighted by atomic mass is 10.1. The van der Waals surface area contributed by atoms with E-state index in [9.17, 15) is 0 Å². The number of likely N-dealkylation sites (tertiary alicyclic amines) is 1. The summed E-state index contributed by atoms with van der Waals surface area (Å²) < 4.78 is 3.72. The SMILES string of the molecule is Cn1cc(-c2cccc3nc(Cc4ccc(CCCN5CCCC5)cc4)nn23)cn1. The van der Waals surface area contributed by atoms with Gasteiger partial charge in [0.15, 0.2) is 11.5 Å². The maximum atomic E-state index is 4.77. The molecule has 0 saturated carbocycles. The smallest absolute Gasteiger partial charge is 0.156 e. The molecular formula is C24H28N6. The van der Waals surface area contributed by atoms with Gasteiger partial charge in [-0.15, -0.1) is 0 Å². The zero-order valence-corrected chi connectivity index (χ0v) is 17.5. The summed E-state index contributed by atoms with van der Waals surface area (Å²) in [5.74, 6) is 0.841. The largest absolute Gasteiger partial charge is 0.303 e. The van der Waals surface area contributed by atoms with Crippen molar-refractivity contribution in [2.75, 3.05) is 19.6 Å². The van der Waals surface area contributed by atoms with E-state index < -0.39 is 0 Å². The number of aryl methyl sites for hydroxylation is 2. The van der Waals surface area contributed by atoms with Crippen molar-refractivity contribution in [3.05, 3.63) is 71.8 Å². The fourth-order valence-electron chi connectivity index (χ4n) is 4.32. The van der Waals surface area contributed by atoms with E-state index in [1.807, 2.05) is 36.1 Å². The number of benzene rings is 1. The zero-order chi connectivity index (χ0) is 20.3. The van der Waals surface area contributed by atoms with Crippen LogP contribution in [0.25, 0.3) is 16.9 Å². The van der Waals surface area contributed by atoms with Gasteiger partial charge in [0.25, 0.3) is 0 Å². The van der Waals surface area contributed by atoms with E-state index in [-0.39, 0.29) is 0 Å². The Hall–Kier alpha value is -2.99. The van der Waals surface area contributed by atoms with Crippen molar-refractivity contribution in [3.8, 4) is 11.3 Å². The molecule has 6 nitrogen and oxygen atoms in total. The molecule has 0 spiro atoms. The maximum absolute atomic E-state index is 4.77. The zero-order valence-electron chi connectivity index (χ0n) is 17.5. The number of aromatic nitrogens is 5. The van der Waals surface area contributed by atoms with E-state index in [0.717, 1.165) is 35.6 Å². The van der Waals surface area contributed by atoms with Gasteiger partial charge in [0, 0.05) is 25.2 Å². The average Bonchev–Trinajstić information content (AvgIpc) is 3.50. The number of hydrogen-bond acceptors (Lipinski definition) is 4. The van der Waals surface area contributed by atoms with Crippen LogP contribution in [0.15, 0.2) is 54.9 Å². The Bertz CT molecular complexity index is 1120. The lowest BCUT2D eigenvalue weighted by molar-refractivity contribution is 0.334. The minimum atomic E-state index is 0.738.